The minimum absolute atomic E-state index is 0.0717. The maximum atomic E-state index is 12.7. The Hall–Kier alpha value is -1.19. The molecule has 3 nitrogen and oxygen atoms in total. The summed E-state index contributed by atoms with van der Waals surface area (Å²) < 4.78 is 10.8. The Morgan fingerprint density at radius 1 is 1.46 bits per heavy atom. The van der Waals surface area contributed by atoms with Gasteiger partial charge in [-0.25, -0.2) is 0 Å². The Morgan fingerprint density at radius 2 is 2.17 bits per heavy atom. The molecule has 0 saturated heterocycles. The van der Waals surface area contributed by atoms with Crippen LogP contribution in [-0.2, 0) is 14.3 Å². The first kappa shape index (κ1) is 19.1. The molecule has 0 heterocycles. The van der Waals surface area contributed by atoms with Crippen LogP contribution in [0.4, 0.5) is 0 Å². The highest BCUT2D eigenvalue weighted by atomic mass is 16.7. The molecule has 3 heteroatoms. The normalized spacial score (nSPS) is 31.1. The van der Waals surface area contributed by atoms with Gasteiger partial charge in [-0.2, -0.15) is 0 Å². The highest BCUT2D eigenvalue weighted by Gasteiger charge is 2.46. The average molecular weight is 332 g/mol. The van der Waals surface area contributed by atoms with E-state index in [1.54, 1.807) is 13.2 Å². The number of carbonyl (C=O) groups is 1. The second-order valence-corrected chi connectivity index (χ2v) is 8.09. The van der Waals surface area contributed by atoms with Gasteiger partial charge in [-0.15, -0.1) is 6.58 Å². The fourth-order valence-corrected chi connectivity index (χ4v) is 4.15. The molecular formula is C21H32O3. The Labute approximate surface area is 146 Å². The maximum Gasteiger partial charge on any atom is 0.159 e. The van der Waals surface area contributed by atoms with Crippen LogP contribution in [0, 0.1) is 23.2 Å². The molecule has 0 aromatic heterocycles. The summed E-state index contributed by atoms with van der Waals surface area (Å²) in [5.74, 6) is 1.05. The zero-order valence-electron chi connectivity index (χ0n) is 15.8. The van der Waals surface area contributed by atoms with Crippen molar-refractivity contribution >= 4 is 5.78 Å². The Bertz CT molecular complexity index is 543. The molecule has 2 rings (SSSR count). The van der Waals surface area contributed by atoms with Crippen LogP contribution >= 0.6 is 0 Å². The number of hydrogen-bond acceptors (Lipinski definition) is 3. The van der Waals surface area contributed by atoms with Gasteiger partial charge in [-0.1, -0.05) is 37.6 Å². The van der Waals surface area contributed by atoms with Crippen molar-refractivity contribution in [3.63, 3.8) is 0 Å². The summed E-state index contributed by atoms with van der Waals surface area (Å²) in [4.78, 5) is 12.7. The van der Waals surface area contributed by atoms with Gasteiger partial charge in [0.05, 0.1) is 5.60 Å². The van der Waals surface area contributed by atoms with Crippen LogP contribution in [0.1, 0.15) is 47.0 Å². The standard InChI is InChI=1S/C21H32O3/c1-7-21(5,24-14-23-6)13-10-16-15(2)8-9-17-19(16)18(22)11-12-20(17,3)4/h7-8,11-12,16-17,19H,1,9-10,13-14H2,2-6H3/t16-,17-,19+,21-/m1/s1. The van der Waals surface area contributed by atoms with Crippen LogP contribution in [0.3, 0.4) is 0 Å². The van der Waals surface area contributed by atoms with Crippen molar-refractivity contribution in [1.29, 1.82) is 0 Å². The molecule has 0 unspecified atom stereocenters. The number of carbonyl (C=O) groups excluding carboxylic acids is 1. The lowest BCUT2D eigenvalue weighted by atomic mass is 9.57. The number of ketones is 1. The molecule has 0 spiro atoms. The average Bonchev–Trinajstić information content (AvgIpc) is 2.55. The van der Waals surface area contributed by atoms with E-state index >= 15 is 0 Å². The Balaban J connectivity index is 2.17. The maximum absolute atomic E-state index is 12.7. The lowest BCUT2D eigenvalue weighted by Gasteiger charge is -2.46. The number of fused-ring (bicyclic) bond motifs is 1. The minimum Gasteiger partial charge on any atom is -0.359 e. The van der Waals surface area contributed by atoms with Gasteiger partial charge in [0, 0.05) is 13.0 Å². The SMILES string of the molecule is C=C[C@](C)(CC[C@@H]1C(C)=CC[C@@H]2[C@H]1C(=O)C=CC2(C)C)OCOC. The first-order valence-corrected chi connectivity index (χ1v) is 8.90. The summed E-state index contributed by atoms with van der Waals surface area (Å²) in [7, 11) is 1.62. The van der Waals surface area contributed by atoms with Crippen molar-refractivity contribution in [2.75, 3.05) is 13.9 Å². The van der Waals surface area contributed by atoms with E-state index in [4.69, 9.17) is 9.47 Å². The van der Waals surface area contributed by atoms with Crippen LogP contribution in [0.2, 0.25) is 0 Å². The van der Waals surface area contributed by atoms with Gasteiger partial charge in [0.25, 0.3) is 0 Å². The van der Waals surface area contributed by atoms with Crippen molar-refractivity contribution in [2.45, 2.75) is 52.6 Å². The summed E-state index contributed by atoms with van der Waals surface area (Å²) in [6.07, 6.45) is 10.8. The molecule has 0 bridgehead atoms. The molecule has 4 atom stereocenters. The first-order chi connectivity index (χ1) is 11.2. The van der Waals surface area contributed by atoms with Gasteiger partial charge in [0.2, 0.25) is 0 Å². The summed E-state index contributed by atoms with van der Waals surface area (Å²) >= 11 is 0. The number of rotatable bonds is 7. The van der Waals surface area contributed by atoms with E-state index in [9.17, 15) is 4.79 Å². The van der Waals surface area contributed by atoms with Gasteiger partial charge in [-0.3, -0.25) is 4.79 Å². The van der Waals surface area contributed by atoms with E-state index in [0.29, 0.717) is 5.92 Å². The summed E-state index contributed by atoms with van der Waals surface area (Å²) in [5, 5.41) is 0. The second-order valence-electron chi connectivity index (χ2n) is 8.09. The van der Waals surface area contributed by atoms with E-state index in [2.05, 4.69) is 39.5 Å². The van der Waals surface area contributed by atoms with Gasteiger partial charge in [-0.05, 0) is 56.4 Å². The van der Waals surface area contributed by atoms with Gasteiger partial charge in [0.1, 0.15) is 6.79 Å². The number of methoxy groups -OCH3 is 1. The highest BCUT2D eigenvalue weighted by Crippen LogP contribution is 2.49. The largest absolute Gasteiger partial charge is 0.359 e. The minimum atomic E-state index is -0.424. The number of ether oxygens (including phenoxy) is 2. The van der Waals surface area contributed by atoms with E-state index in [0.717, 1.165) is 19.3 Å². The van der Waals surface area contributed by atoms with Crippen LogP contribution in [0.5, 0.6) is 0 Å². The zero-order valence-corrected chi connectivity index (χ0v) is 15.8. The molecule has 2 aliphatic rings. The van der Waals surface area contributed by atoms with Gasteiger partial charge >= 0.3 is 0 Å². The molecule has 24 heavy (non-hydrogen) atoms. The predicted octanol–water partition coefficient (Wildman–Crippen LogP) is 4.70. The molecule has 0 amide bonds. The van der Waals surface area contributed by atoms with Crippen LogP contribution in [0.25, 0.3) is 0 Å². The smallest absolute Gasteiger partial charge is 0.159 e. The van der Waals surface area contributed by atoms with E-state index in [1.165, 1.54) is 5.57 Å². The zero-order chi connectivity index (χ0) is 18.0. The summed E-state index contributed by atoms with van der Waals surface area (Å²) in [6.45, 7) is 12.9. The van der Waals surface area contributed by atoms with Gasteiger partial charge in [0.15, 0.2) is 5.78 Å². The summed E-state index contributed by atoms with van der Waals surface area (Å²) in [5.41, 5.74) is 0.989. The third kappa shape index (κ3) is 3.89. The molecule has 0 N–H and O–H groups in total. The highest BCUT2D eigenvalue weighted by molar-refractivity contribution is 5.93. The molecular weight excluding hydrogens is 300 g/mol. The van der Waals surface area contributed by atoms with Gasteiger partial charge < -0.3 is 9.47 Å². The summed E-state index contributed by atoms with van der Waals surface area (Å²) in [6, 6.07) is 0. The van der Waals surface area contributed by atoms with Crippen LogP contribution < -0.4 is 0 Å². The molecule has 0 aromatic carbocycles. The number of hydrogen-bond donors (Lipinski definition) is 0. The van der Waals surface area contributed by atoms with Crippen molar-refractivity contribution in [3.8, 4) is 0 Å². The lowest BCUT2D eigenvalue weighted by molar-refractivity contribution is -0.125. The fraction of sp³-hybridized carbons (Fsp3) is 0.667. The molecule has 0 saturated carbocycles. The Kier molecular flexibility index (Phi) is 5.87. The van der Waals surface area contributed by atoms with E-state index in [-0.39, 0.29) is 29.8 Å². The molecule has 0 fully saturated rings. The predicted molar refractivity (Wildman–Crippen MR) is 97.6 cm³/mol. The van der Waals surface area contributed by atoms with Crippen molar-refractivity contribution in [3.05, 3.63) is 36.5 Å². The quantitative estimate of drug-likeness (QED) is 0.501. The van der Waals surface area contributed by atoms with E-state index < -0.39 is 5.60 Å². The fourth-order valence-electron chi connectivity index (χ4n) is 4.15. The molecule has 0 aliphatic heterocycles. The Morgan fingerprint density at radius 3 is 2.79 bits per heavy atom. The van der Waals surface area contributed by atoms with Crippen molar-refractivity contribution < 1.29 is 14.3 Å². The third-order valence-electron chi connectivity index (χ3n) is 6.00. The van der Waals surface area contributed by atoms with E-state index in [1.807, 2.05) is 13.0 Å². The second kappa shape index (κ2) is 7.37. The molecule has 0 aromatic rings. The lowest BCUT2D eigenvalue weighted by Crippen LogP contribution is -2.43. The molecule has 0 radical (unpaired) electrons. The topological polar surface area (TPSA) is 35.5 Å². The van der Waals surface area contributed by atoms with Crippen LogP contribution in [0.15, 0.2) is 36.5 Å². The van der Waals surface area contributed by atoms with Crippen LogP contribution in [-0.4, -0.2) is 25.3 Å². The first-order valence-electron chi connectivity index (χ1n) is 8.90. The van der Waals surface area contributed by atoms with Crippen molar-refractivity contribution in [2.24, 2.45) is 23.2 Å². The monoisotopic (exact) mass is 332 g/mol. The third-order valence-corrected chi connectivity index (χ3v) is 6.00. The van der Waals surface area contributed by atoms with Crippen molar-refractivity contribution in [1.82, 2.24) is 0 Å². The molecule has 2 aliphatic carbocycles. The number of allylic oxidation sites excluding steroid dienone is 4. The molecule has 134 valence electrons.